The van der Waals surface area contributed by atoms with Crippen LogP contribution in [0.5, 0.6) is 5.75 Å². The van der Waals surface area contributed by atoms with Gasteiger partial charge in [0.2, 0.25) is 5.78 Å². The van der Waals surface area contributed by atoms with Gasteiger partial charge in [-0.2, -0.15) is 0 Å². The number of ketones is 1. The summed E-state index contributed by atoms with van der Waals surface area (Å²) in [5, 5.41) is 11.2. The van der Waals surface area contributed by atoms with Crippen LogP contribution in [0.4, 0.5) is 5.13 Å². The molecule has 0 radical (unpaired) electrons. The van der Waals surface area contributed by atoms with Crippen LogP contribution in [0.3, 0.4) is 0 Å². The minimum Gasteiger partial charge on any atom is -0.503 e. The summed E-state index contributed by atoms with van der Waals surface area (Å²) in [6.45, 7) is 4.18. The summed E-state index contributed by atoms with van der Waals surface area (Å²) in [5.74, 6) is -0.781. The Balaban J connectivity index is 1.66. The standard InChI is InChI=1S/C26H22N2O5S/c1-14(2)15-6-8-16(9-7-15)22-21(23(29)19-5-4-12-33-19)24(30)25(31)28(22)26-27-18-11-10-17(32-3)13-20(18)34-26/h4-14,22,30H,1-3H3/t22-/m1/s1. The predicted molar refractivity (Wildman–Crippen MR) is 130 cm³/mol. The Bertz CT molecular complexity index is 1420. The highest BCUT2D eigenvalue weighted by atomic mass is 32.1. The lowest BCUT2D eigenvalue weighted by Gasteiger charge is -2.24. The first-order valence-electron chi connectivity index (χ1n) is 10.8. The molecule has 2 aromatic heterocycles. The average Bonchev–Trinajstić information content (AvgIpc) is 3.57. The number of aromatic nitrogens is 1. The van der Waals surface area contributed by atoms with Crippen LogP contribution in [0, 0.1) is 0 Å². The Morgan fingerprint density at radius 1 is 1.18 bits per heavy atom. The SMILES string of the molecule is COc1ccc2nc(N3C(=O)C(O)=C(C(=O)c4ccco4)[C@H]3c3ccc(C(C)C)cc3)sc2c1. The maximum atomic E-state index is 13.3. The molecule has 0 unspecified atom stereocenters. The zero-order chi connectivity index (χ0) is 24.0. The first kappa shape index (κ1) is 21.9. The topological polar surface area (TPSA) is 92.9 Å². The molecule has 0 saturated carbocycles. The van der Waals surface area contributed by atoms with Crippen LogP contribution in [0.2, 0.25) is 0 Å². The van der Waals surface area contributed by atoms with Gasteiger partial charge in [0.15, 0.2) is 16.7 Å². The lowest BCUT2D eigenvalue weighted by atomic mass is 9.93. The van der Waals surface area contributed by atoms with Gasteiger partial charge in [0.05, 0.1) is 35.2 Å². The number of thiazole rings is 1. The summed E-state index contributed by atoms with van der Waals surface area (Å²) < 4.78 is 11.4. The van der Waals surface area contributed by atoms with E-state index in [-0.39, 0.29) is 11.3 Å². The number of Topliss-reactive ketones (excluding diaryl/α,β-unsaturated/α-hetero) is 1. The van der Waals surface area contributed by atoms with E-state index in [0.29, 0.717) is 27.9 Å². The number of ether oxygens (including phenoxy) is 1. The number of rotatable bonds is 6. The number of hydrogen-bond acceptors (Lipinski definition) is 7. The second-order valence-electron chi connectivity index (χ2n) is 8.30. The predicted octanol–water partition coefficient (Wildman–Crippen LogP) is 5.80. The molecule has 8 heteroatoms. The Kier molecular flexibility index (Phi) is 5.45. The highest BCUT2D eigenvalue weighted by molar-refractivity contribution is 7.22. The van der Waals surface area contributed by atoms with Crippen LogP contribution < -0.4 is 9.64 Å². The molecule has 1 aliphatic rings. The molecule has 0 fully saturated rings. The summed E-state index contributed by atoms with van der Waals surface area (Å²) in [7, 11) is 1.58. The number of aliphatic hydroxyl groups excluding tert-OH is 1. The van der Waals surface area contributed by atoms with Gasteiger partial charge in [-0.05, 0) is 47.4 Å². The molecular formula is C26H22N2O5S. The summed E-state index contributed by atoms with van der Waals surface area (Å²) in [6, 6.07) is 15.4. The van der Waals surface area contributed by atoms with Crippen molar-refractivity contribution in [2.75, 3.05) is 12.0 Å². The van der Waals surface area contributed by atoms with Crippen LogP contribution in [0.1, 0.15) is 47.5 Å². The third-order valence-electron chi connectivity index (χ3n) is 5.91. The lowest BCUT2D eigenvalue weighted by molar-refractivity contribution is -0.117. The Labute approximate surface area is 199 Å². The van der Waals surface area contributed by atoms with Crippen LogP contribution in [0.25, 0.3) is 10.2 Å². The number of methoxy groups -OCH3 is 1. The number of anilines is 1. The monoisotopic (exact) mass is 474 g/mol. The number of nitrogens with zero attached hydrogens (tertiary/aromatic N) is 2. The van der Waals surface area contributed by atoms with Gasteiger partial charge in [0.1, 0.15) is 5.75 Å². The summed E-state index contributed by atoms with van der Waals surface area (Å²) >= 11 is 1.29. The van der Waals surface area contributed by atoms with E-state index in [0.717, 1.165) is 10.3 Å². The first-order valence-corrected chi connectivity index (χ1v) is 11.6. The molecule has 1 N–H and O–H groups in total. The molecule has 0 saturated heterocycles. The van der Waals surface area contributed by atoms with Gasteiger partial charge in [-0.1, -0.05) is 49.4 Å². The zero-order valence-corrected chi connectivity index (χ0v) is 19.6. The molecule has 1 atom stereocenters. The number of hydrogen-bond donors (Lipinski definition) is 1. The summed E-state index contributed by atoms with van der Waals surface area (Å²) in [6.07, 6.45) is 1.38. The van der Waals surface area contributed by atoms with Gasteiger partial charge >= 0.3 is 0 Å². The van der Waals surface area contributed by atoms with E-state index >= 15 is 0 Å². The van der Waals surface area contributed by atoms with Crippen LogP contribution in [-0.4, -0.2) is 28.9 Å². The molecule has 172 valence electrons. The third kappa shape index (κ3) is 3.56. The second-order valence-corrected chi connectivity index (χ2v) is 9.31. The fourth-order valence-corrected chi connectivity index (χ4v) is 5.10. The number of carbonyl (C=O) groups excluding carboxylic acids is 2. The van der Waals surface area contributed by atoms with Gasteiger partial charge in [-0.25, -0.2) is 4.98 Å². The molecule has 4 aromatic rings. The van der Waals surface area contributed by atoms with Gasteiger partial charge in [-0.15, -0.1) is 0 Å². The minimum atomic E-state index is -0.853. The molecule has 7 nitrogen and oxygen atoms in total. The molecule has 2 aromatic carbocycles. The Morgan fingerprint density at radius 2 is 1.94 bits per heavy atom. The van der Waals surface area contributed by atoms with Crippen LogP contribution in [0.15, 0.2) is 76.6 Å². The number of furan rings is 1. The zero-order valence-electron chi connectivity index (χ0n) is 18.8. The largest absolute Gasteiger partial charge is 0.503 e. The first-order chi connectivity index (χ1) is 16.4. The smallest absolute Gasteiger partial charge is 0.296 e. The molecule has 0 spiro atoms. The van der Waals surface area contributed by atoms with Gasteiger partial charge in [0.25, 0.3) is 5.91 Å². The number of amides is 1. The quantitative estimate of drug-likeness (QED) is 0.355. The van der Waals surface area contributed by atoms with E-state index in [1.54, 1.807) is 19.2 Å². The lowest BCUT2D eigenvalue weighted by Crippen LogP contribution is -2.31. The molecule has 0 aliphatic carbocycles. The van der Waals surface area contributed by atoms with E-state index in [1.807, 2.05) is 36.4 Å². The van der Waals surface area contributed by atoms with Crippen molar-refractivity contribution in [3.05, 3.63) is 89.1 Å². The molecule has 0 bridgehead atoms. The van der Waals surface area contributed by atoms with E-state index in [9.17, 15) is 14.7 Å². The van der Waals surface area contributed by atoms with Crippen molar-refractivity contribution in [1.29, 1.82) is 0 Å². The van der Waals surface area contributed by atoms with Gasteiger partial charge in [-0.3, -0.25) is 14.5 Å². The van der Waals surface area contributed by atoms with Crippen molar-refractivity contribution in [3.63, 3.8) is 0 Å². The second kappa shape index (κ2) is 8.46. The van der Waals surface area contributed by atoms with E-state index < -0.39 is 23.5 Å². The third-order valence-corrected chi connectivity index (χ3v) is 6.92. The number of benzene rings is 2. The van der Waals surface area contributed by atoms with Crippen molar-refractivity contribution in [3.8, 4) is 5.75 Å². The minimum absolute atomic E-state index is 0.0333. The van der Waals surface area contributed by atoms with Crippen LogP contribution >= 0.6 is 11.3 Å². The summed E-state index contributed by atoms with van der Waals surface area (Å²) in [5.41, 5.74) is 2.47. The van der Waals surface area contributed by atoms with Crippen molar-refractivity contribution in [2.24, 2.45) is 0 Å². The van der Waals surface area contributed by atoms with Crippen molar-refractivity contribution < 1.29 is 23.8 Å². The normalized spacial score (nSPS) is 16.2. The molecule has 1 aliphatic heterocycles. The van der Waals surface area contributed by atoms with Crippen molar-refractivity contribution >= 4 is 38.4 Å². The highest BCUT2D eigenvalue weighted by Gasteiger charge is 2.46. The maximum Gasteiger partial charge on any atom is 0.296 e. The average molecular weight is 475 g/mol. The number of carbonyl (C=O) groups is 2. The molecule has 5 rings (SSSR count). The fraction of sp³-hybridized carbons (Fsp3) is 0.192. The molecule has 34 heavy (non-hydrogen) atoms. The van der Waals surface area contributed by atoms with Gasteiger partial charge in [0, 0.05) is 0 Å². The summed E-state index contributed by atoms with van der Waals surface area (Å²) in [4.78, 5) is 32.7. The van der Waals surface area contributed by atoms with Crippen molar-refractivity contribution in [1.82, 2.24) is 4.98 Å². The maximum absolute atomic E-state index is 13.3. The van der Waals surface area contributed by atoms with E-state index in [1.165, 1.54) is 28.6 Å². The molecule has 3 heterocycles. The number of fused-ring (bicyclic) bond motifs is 1. The molecule has 1 amide bonds. The van der Waals surface area contributed by atoms with Gasteiger partial charge < -0.3 is 14.3 Å². The van der Waals surface area contributed by atoms with E-state index in [2.05, 4.69) is 18.8 Å². The fourth-order valence-electron chi connectivity index (χ4n) is 4.08. The Hall–Kier alpha value is -3.91. The molecular weight excluding hydrogens is 452 g/mol. The van der Waals surface area contributed by atoms with E-state index in [4.69, 9.17) is 9.15 Å². The Morgan fingerprint density at radius 3 is 2.59 bits per heavy atom. The highest BCUT2D eigenvalue weighted by Crippen LogP contribution is 2.44. The number of aliphatic hydroxyl groups is 1. The van der Waals surface area contributed by atoms with Crippen molar-refractivity contribution in [2.45, 2.75) is 25.8 Å². The van der Waals surface area contributed by atoms with Crippen LogP contribution in [-0.2, 0) is 4.79 Å².